The van der Waals surface area contributed by atoms with Gasteiger partial charge in [0.25, 0.3) is 0 Å². The van der Waals surface area contributed by atoms with E-state index in [1.165, 1.54) is 19.0 Å². The van der Waals surface area contributed by atoms with Gasteiger partial charge >= 0.3 is 5.97 Å². The van der Waals surface area contributed by atoms with E-state index in [2.05, 4.69) is 4.99 Å². The van der Waals surface area contributed by atoms with Gasteiger partial charge in [0.05, 0.1) is 0 Å². The zero-order chi connectivity index (χ0) is 11.3. The highest BCUT2D eigenvalue weighted by Gasteiger charge is 2.15. The molecule has 1 N–H and O–H groups in total. The Hall–Kier alpha value is -1.72. The number of aliphatic carboxylic acids is 1. The molecule has 0 aliphatic heterocycles. The van der Waals surface area contributed by atoms with Gasteiger partial charge in [-0.3, -0.25) is 14.6 Å². The van der Waals surface area contributed by atoms with Crippen LogP contribution < -0.4 is 0 Å². The smallest absolute Gasteiger partial charge is 0.357 e. The molecule has 6 heteroatoms. The number of hydrogen-bond acceptors (Lipinski definition) is 4. The van der Waals surface area contributed by atoms with E-state index in [-0.39, 0.29) is 12.5 Å². The molecule has 1 amide bonds. The van der Waals surface area contributed by atoms with E-state index in [0.29, 0.717) is 0 Å². The molecule has 0 spiro atoms. The van der Waals surface area contributed by atoms with Crippen LogP contribution in [-0.4, -0.2) is 54.0 Å². The summed E-state index contributed by atoms with van der Waals surface area (Å²) in [7, 11) is 3.04. The van der Waals surface area contributed by atoms with Crippen molar-refractivity contribution >= 4 is 23.4 Å². The quantitative estimate of drug-likeness (QED) is 0.475. The molecule has 0 aromatic heterocycles. The minimum Gasteiger partial charge on any atom is -0.476 e. The Kier molecular flexibility index (Phi) is 4.48. The highest BCUT2D eigenvalue weighted by atomic mass is 16.4. The molecule has 0 radical (unpaired) electrons. The SMILES string of the molecule is CC(=O)C(=NCC(=O)N(C)C)C(=O)O. The van der Waals surface area contributed by atoms with Gasteiger partial charge < -0.3 is 10.0 Å². The van der Waals surface area contributed by atoms with Crippen LogP contribution in [0.1, 0.15) is 6.92 Å². The Balaban J connectivity index is 4.55. The third kappa shape index (κ3) is 3.79. The lowest BCUT2D eigenvalue weighted by Gasteiger charge is -2.07. The van der Waals surface area contributed by atoms with E-state index in [0.717, 1.165) is 6.92 Å². The number of hydrogen-bond donors (Lipinski definition) is 1. The number of aliphatic imine (C=N–C) groups is 1. The Morgan fingerprint density at radius 1 is 1.29 bits per heavy atom. The number of likely N-dealkylation sites (N-methyl/N-ethyl adjacent to an activating group) is 1. The summed E-state index contributed by atoms with van der Waals surface area (Å²) in [6.07, 6.45) is 0. The number of carboxylic acids is 1. The zero-order valence-electron chi connectivity index (χ0n) is 8.27. The fraction of sp³-hybridized carbons (Fsp3) is 0.500. The van der Waals surface area contributed by atoms with Crippen molar-refractivity contribution in [3.05, 3.63) is 0 Å². The predicted molar refractivity (Wildman–Crippen MR) is 49.3 cm³/mol. The maximum Gasteiger partial charge on any atom is 0.357 e. The molecule has 0 fully saturated rings. The molecule has 0 atom stereocenters. The van der Waals surface area contributed by atoms with Crippen LogP contribution in [0.4, 0.5) is 0 Å². The van der Waals surface area contributed by atoms with Gasteiger partial charge in [-0.2, -0.15) is 0 Å². The van der Waals surface area contributed by atoms with Crippen LogP contribution in [0.3, 0.4) is 0 Å². The Labute approximate surface area is 81.2 Å². The summed E-state index contributed by atoms with van der Waals surface area (Å²) in [6, 6.07) is 0. The predicted octanol–water partition coefficient (Wildman–Crippen LogP) is -0.811. The van der Waals surface area contributed by atoms with Gasteiger partial charge in [-0.15, -0.1) is 0 Å². The lowest BCUT2D eigenvalue weighted by atomic mass is 10.3. The number of carboxylic acid groups (broad SMARTS) is 1. The number of rotatable bonds is 4. The number of carbonyl (C=O) groups excluding carboxylic acids is 2. The van der Waals surface area contributed by atoms with Crippen LogP contribution in [0.5, 0.6) is 0 Å². The second-order valence-electron chi connectivity index (χ2n) is 2.81. The molecule has 0 rings (SSSR count). The molecule has 0 aliphatic rings. The van der Waals surface area contributed by atoms with Crippen molar-refractivity contribution in [2.45, 2.75) is 6.92 Å². The molecule has 0 unspecified atom stereocenters. The summed E-state index contributed by atoms with van der Waals surface area (Å²) in [5.41, 5.74) is -0.597. The van der Waals surface area contributed by atoms with Gasteiger partial charge in [0, 0.05) is 21.0 Å². The third-order valence-electron chi connectivity index (χ3n) is 1.41. The van der Waals surface area contributed by atoms with Crippen molar-refractivity contribution in [2.24, 2.45) is 4.99 Å². The maximum absolute atomic E-state index is 11.0. The van der Waals surface area contributed by atoms with E-state index in [9.17, 15) is 14.4 Å². The van der Waals surface area contributed by atoms with Crippen LogP contribution in [0.25, 0.3) is 0 Å². The number of ketones is 1. The molecule has 6 nitrogen and oxygen atoms in total. The van der Waals surface area contributed by atoms with Crippen molar-refractivity contribution in [1.29, 1.82) is 0 Å². The summed E-state index contributed by atoms with van der Waals surface area (Å²) in [5.74, 6) is -2.43. The first-order valence-corrected chi connectivity index (χ1v) is 3.85. The zero-order valence-corrected chi connectivity index (χ0v) is 8.27. The molecule has 78 valence electrons. The fourth-order valence-corrected chi connectivity index (χ4v) is 0.618. The molecule has 0 heterocycles. The summed E-state index contributed by atoms with van der Waals surface area (Å²) < 4.78 is 0. The molecule has 0 saturated heterocycles. The third-order valence-corrected chi connectivity index (χ3v) is 1.41. The van der Waals surface area contributed by atoms with E-state index < -0.39 is 17.5 Å². The van der Waals surface area contributed by atoms with E-state index in [1.807, 2.05) is 0 Å². The van der Waals surface area contributed by atoms with Gasteiger partial charge in [-0.05, 0) is 0 Å². The lowest BCUT2D eigenvalue weighted by Crippen LogP contribution is -2.27. The first-order valence-electron chi connectivity index (χ1n) is 3.85. The van der Waals surface area contributed by atoms with Crippen molar-refractivity contribution in [3.8, 4) is 0 Å². The highest BCUT2D eigenvalue weighted by Crippen LogP contribution is 1.86. The van der Waals surface area contributed by atoms with Crippen molar-refractivity contribution < 1.29 is 19.5 Å². The second-order valence-corrected chi connectivity index (χ2v) is 2.81. The van der Waals surface area contributed by atoms with E-state index in [4.69, 9.17) is 5.11 Å². The molecule has 0 aromatic carbocycles. The van der Waals surface area contributed by atoms with Gasteiger partial charge in [0.2, 0.25) is 5.91 Å². The number of carbonyl (C=O) groups is 3. The molecule has 0 aromatic rings. The normalized spacial score (nSPS) is 10.9. The minimum absolute atomic E-state index is 0.325. The molecular weight excluding hydrogens is 188 g/mol. The second kappa shape index (κ2) is 5.11. The van der Waals surface area contributed by atoms with E-state index >= 15 is 0 Å². The van der Waals surface area contributed by atoms with E-state index in [1.54, 1.807) is 0 Å². The van der Waals surface area contributed by atoms with Crippen molar-refractivity contribution in [2.75, 3.05) is 20.6 Å². The lowest BCUT2D eigenvalue weighted by molar-refractivity contribution is -0.130. The van der Waals surface area contributed by atoms with Crippen LogP contribution in [-0.2, 0) is 14.4 Å². The van der Waals surface area contributed by atoms with Gasteiger partial charge in [-0.25, -0.2) is 4.79 Å². The van der Waals surface area contributed by atoms with Crippen LogP contribution in [0, 0.1) is 0 Å². The topological polar surface area (TPSA) is 87.0 Å². The monoisotopic (exact) mass is 200 g/mol. The fourth-order valence-electron chi connectivity index (χ4n) is 0.618. The van der Waals surface area contributed by atoms with Crippen LogP contribution in [0.2, 0.25) is 0 Å². The van der Waals surface area contributed by atoms with Crippen LogP contribution in [0.15, 0.2) is 4.99 Å². The molecule has 0 bridgehead atoms. The number of amides is 1. The standard InChI is InChI=1S/C8H12N2O4/c1-5(11)7(8(13)14)9-4-6(12)10(2)3/h4H2,1-3H3,(H,13,14). The van der Waals surface area contributed by atoms with Gasteiger partial charge in [0.1, 0.15) is 6.54 Å². The Bertz CT molecular complexity index is 278. The first kappa shape index (κ1) is 12.3. The maximum atomic E-state index is 11.0. The summed E-state index contributed by atoms with van der Waals surface area (Å²) >= 11 is 0. The summed E-state index contributed by atoms with van der Waals surface area (Å²) in [4.78, 5) is 36.9. The minimum atomic E-state index is -1.41. The molecule has 0 aliphatic carbocycles. The average Bonchev–Trinajstić information content (AvgIpc) is 2.02. The summed E-state index contributed by atoms with van der Waals surface area (Å²) in [5, 5.41) is 8.52. The first-order chi connectivity index (χ1) is 6.36. The van der Waals surface area contributed by atoms with Crippen molar-refractivity contribution in [1.82, 2.24) is 4.90 Å². The van der Waals surface area contributed by atoms with Crippen LogP contribution >= 0.6 is 0 Å². The molecule has 0 saturated carbocycles. The Morgan fingerprint density at radius 2 is 1.79 bits per heavy atom. The molecule has 14 heavy (non-hydrogen) atoms. The summed E-state index contributed by atoms with van der Waals surface area (Å²) in [6.45, 7) is 0.765. The number of nitrogens with zero attached hydrogens (tertiary/aromatic N) is 2. The number of Topliss-reactive ketones (excluding diaryl/α,β-unsaturated/α-hetero) is 1. The average molecular weight is 200 g/mol. The van der Waals surface area contributed by atoms with Crippen molar-refractivity contribution in [3.63, 3.8) is 0 Å². The highest BCUT2D eigenvalue weighted by molar-refractivity contribution is 6.63. The van der Waals surface area contributed by atoms with Gasteiger partial charge in [0.15, 0.2) is 11.5 Å². The molecular formula is C8H12N2O4. The Morgan fingerprint density at radius 3 is 2.07 bits per heavy atom. The van der Waals surface area contributed by atoms with Gasteiger partial charge in [-0.1, -0.05) is 0 Å². The largest absolute Gasteiger partial charge is 0.476 e.